The summed E-state index contributed by atoms with van der Waals surface area (Å²) in [5, 5.41) is 66.0. The maximum absolute atomic E-state index is 14.7. The van der Waals surface area contributed by atoms with Gasteiger partial charge in [-0.15, -0.1) is 0 Å². The van der Waals surface area contributed by atoms with Crippen LogP contribution in [-0.4, -0.2) is 284 Å². The van der Waals surface area contributed by atoms with E-state index in [0.29, 0.717) is 51.9 Å². The molecule has 0 radical (unpaired) electrons. The number of hydrogen-bond donors (Lipinski definition) is 11. The van der Waals surface area contributed by atoms with Crippen LogP contribution in [0.1, 0.15) is 148 Å². The molecule has 22 atom stereocenters. The molecular formula is C87H120IN7O30S3. The predicted molar refractivity (Wildman–Crippen MR) is 475 cm³/mol. The molecule has 0 unspecified atom stereocenters. The fourth-order valence-electron chi connectivity index (χ4n) is 15.6. The van der Waals surface area contributed by atoms with Gasteiger partial charge < -0.3 is 124 Å². The Morgan fingerprint density at radius 3 is 2.11 bits per heavy atom. The molecule has 2 aromatic carbocycles. The number of primary amides is 1. The Hall–Kier alpha value is -7.67. The van der Waals surface area contributed by atoms with Gasteiger partial charge in [-0.1, -0.05) is 102 Å². The number of benzene rings is 2. The molecule has 0 spiro atoms. The van der Waals surface area contributed by atoms with Crippen LogP contribution in [0.25, 0.3) is 0 Å². The van der Waals surface area contributed by atoms with Crippen molar-refractivity contribution >= 4 is 120 Å². The molecule has 41 heteroatoms. The van der Waals surface area contributed by atoms with Gasteiger partial charge in [0.05, 0.1) is 104 Å². The largest absolute Gasteiger partial charge is 0.492 e. The number of carbonyl (C=O) groups is 9. The van der Waals surface area contributed by atoms with E-state index in [1.807, 2.05) is 29.5 Å². The molecule has 5 amide bonds. The number of hydroxylamine groups is 1. The SMILES string of the molecule is CCSSCC=C1C2=C(CC(=O)OC)C(=O)C[C@@]1(O)C#C/C=C\C#C[C@@H]2O[C@@H]1O[C@H](C)[C@@H](NO[C@H]2C[C@H](O)[C@H](SC(=O)c3c(C)c(I)c(O[C@@H]4O[C@@H](C)[C@H](O)[C@@H](OC)[C@H]4O)c(OC)c3OC)[C@@H](C)O2)[C@@H](O)[C@H]1O[C@H]1C[C@H](OC)[C@@H](N(CC)C(=O)OCc2ccc(NC(=O)[C@H](CCCNC(N)=O)CC(=O)[C@@H](NC(=O)[C@H](CCCCN)CC(C)=O)C(C)C)cc2)CO1.O=C=O. The minimum atomic E-state index is -2.11. The molecule has 37 nitrogen and oxygen atoms in total. The first-order valence-electron chi connectivity index (χ1n) is 42.0. The predicted octanol–water partition coefficient (Wildman–Crippen LogP) is 5.48. The first-order chi connectivity index (χ1) is 61.0. The lowest BCUT2D eigenvalue weighted by atomic mass is 9.72. The molecule has 708 valence electrons. The van der Waals surface area contributed by atoms with Gasteiger partial charge in [0, 0.05) is 98.7 Å². The molecule has 2 aliphatic carbocycles. The fourth-order valence-corrected chi connectivity index (χ4v) is 18.8. The number of Topliss-reactive ketones (excluding diaryl/α,β-unsaturated/α-hetero) is 3. The molecule has 2 bridgehead atoms. The number of anilines is 1. The molecule has 128 heavy (non-hydrogen) atoms. The molecule has 0 saturated carbocycles. The Morgan fingerprint density at radius 1 is 0.805 bits per heavy atom. The third-order valence-corrected chi connectivity index (χ3v) is 27.2. The van der Waals surface area contributed by atoms with Crippen LogP contribution in [0.4, 0.5) is 15.3 Å². The van der Waals surface area contributed by atoms with Gasteiger partial charge in [0.25, 0.3) is 0 Å². The Morgan fingerprint density at radius 2 is 1.48 bits per heavy atom. The first kappa shape index (κ1) is 107. The molecule has 2 aromatic rings. The molecule has 0 aromatic heterocycles. The van der Waals surface area contributed by atoms with Crippen LogP contribution in [0.5, 0.6) is 17.2 Å². The van der Waals surface area contributed by atoms with Gasteiger partial charge in [0.1, 0.15) is 49.0 Å². The lowest BCUT2D eigenvalue weighted by molar-refractivity contribution is -0.337. The third-order valence-electron chi connectivity index (χ3n) is 22.2. The fraction of sp³-hybridized carbons (Fsp3) is 0.632. The number of rotatable bonds is 43. The number of ether oxygens (including phenoxy) is 13. The molecule has 13 N–H and O–H groups in total. The van der Waals surface area contributed by atoms with Gasteiger partial charge in [-0.3, -0.25) is 33.6 Å². The number of fused-ring (bicyclic) bond motifs is 2. The summed E-state index contributed by atoms with van der Waals surface area (Å²) in [6, 6.07) is 2.70. The van der Waals surface area contributed by atoms with Gasteiger partial charge >= 0.3 is 24.2 Å². The number of carbonyl (C=O) groups excluding carboxylic acids is 11. The Labute approximate surface area is 770 Å². The summed E-state index contributed by atoms with van der Waals surface area (Å²) in [6.45, 7) is 15.3. The van der Waals surface area contributed by atoms with E-state index in [-0.39, 0.29) is 122 Å². The van der Waals surface area contributed by atoms with E-state index in [1.54, 1.807) is 89.6 Å². The summed E-state index contributed by atoms with van der Waals surface area (Å²) in [5.41, 5.74) is 13.2. The van der Waals surface area contributed by atoms with Crippen molar-refractivity contribution in [3.05, 3.63) is 79.5 Å². The minimum absolute atomic E-state index is 0.00410. The van der Waals surface area contributed by atoms with Crippen molar-refractivity contribution in [2.45, 2.75) is 261 Å². The zero-order valence-corrected chi connectivity index (χ0v) is 78.7. The molecule has 4 saturated heterocycles. The monoisotopic (exact) mass is 1970 g/mol. The quantitative estimate of drug-likeness (QED) is 0.00977. The third kappa shape index (κ3) is 29.2. The molecule has 4 aliphatic heterocycles. The van der Waals surface area contributed by atoms with Crippen molar-refractivity contribution in [2.24, 2.45) is 29.2 Å². The van der Waals surface area contributed by atoms with E-state index in [2.05, 4.69) is 45.1 Å². The number of methoxy groups -OCH3 is 5. The number of aliphatic hydroxyl groups excluding tert-OH is 4. The smallest absolute Gasteiger partial charge is 0.410 e. The lowest BCUT2D eigenvalue weighted by Gasteiger charge is -2.47. The summed E-state index contributed by atoms with van der Waals surface area (Å²) >= 11 is 2.77. The molecule has 8 rings (SSSR count). The number of nitrogens with two attached hydrogens (primary N) is 2. The van der Waals surface area contributed by atoms with E-state index in [0.717, 1.165) is 17.5 Å². The van der Waals surface area contributed by atoms with Crippen molar-refractivity contribution in [3.63, 3.8) is 0 Å². The number of nitrogens with one attached hydrogen (secondary N) is 4. The summed E-state index contributed by atoms with van der Waals surface area (Å²) in [7, 11) is 9.63. The van der Waals surface area contributed by atoms with Gasteiger partial charge in [0.2, 0.25) is 29.0 Å². The number of halogens is 1. The zero-order valence-electron chi connectivity index (χ0n) is 74.1. The first-order valence-corrected chi connectivity index (χ1v) is 46.4. The van der Waals surface area contributed by atoms with Gasteiger partial charge in [-0.25, -0.2) is 9.59 Å². The van der Waals surface area contributed by atoms with E-state index in [1.165, 1.54) is 70.3 Å². The lowest BCUT2D eigenvalue weighted by Crippen LogP contribution is -2.65. The van der Waals surface area contributed by atoms with Crippen LogP contribution >= 0.6 is 55.9 Å². The average molecular weight is 1970 g/mol. The number of aliphatic hydroxyl groups is 5. The summed E-state index contributed by atoms with van der Waals surface area (Å²) in [5.74, 6) is 7.77. The highest BCUT2D eigenvalue weighted by atomic mass is 127. The van der Waals surface area contributed by atoms with Crippen molar-refractivity contribution in [1.29, 1.82) is 0 Å². The Kier molecular flexibility index (Phi) is 44.1. The van der Waals surface area contributed by atoms with Crippen molar-refractivity contribution in [1.82, 2.24) is 21.0 Å². The van der Waals surface area contributed by atoms with Crippen LogP contribution < -0.4 is 47.1 Å². The molecule has 6 aliphatic rings. The van der Waals surface area contributed by atoms with Gasteiger partial charge in [-0.2, -0.15) is 15.1 Å². The van der Waals surface area contributed by atoms with Crippen LogP contribution in [0.3, 0.4) is 0 Å². The molecular weight excluding hydrogens is 1850 g/mol. The van der Waals surface area contributed by atoms with Gasteiger partial charge in [0.15, 0.2) is 47.5 Å². The Balaban J connectivity index is 0.00000737. The number of amides is 5. The standard InChI is InChI=1S/C86H120IN7O28S3.CO2/c1-15-94(85(107)115-42-50-27-29-53(30-28-50)91-79(103)52(25-23-34-90-84(89)106)37-57(96)68(44(3)4)92-80(104)51(36-45(5)95)24-20-22-33-88)56-43-114-63(40-61(56)109-10)120-76-71(101)69(47(7)117-83(76)119-60-26-19-17-18-21-32-86(108)41-59(98)54(38-62(99)110-11)66(60)55(86)31-35-124-123-16-2)93-122-64-39-58(97)78(49(9)116-64)125-81(105)65-46(6)67(87)74(77(113-14)73(65)111-12)121-82-72(102)75(112-13)70(100)48(8)118-82;2-1-3/h17-18,27-31,44,47-49,51-52,56,58,60-61,63-64,68-72,75-76,78,82-83,93,97,100-102,108H,15-16,20,22-25,33-43,88H2,1-14H3,(H,91,103)(H,92,104)(H3,89,90,106);/b18-17-,55-31?;/t47-,48+,49-,51-,52-,56+,58+,60+,61+,63+,64+,68+,69-,70+,71-,72-,75-,76-,78-,82+,83+,86+;/m1./s1. The van der Waals surface area contributed by atoms with Crippen LogP contribution in [0.15, 0.2) is 59.2 Å². The van der Waals surface area contributed by atoms with E-state index in [9.17, 15) is 68.7 Å². The van der Waals surface area contributed by atoms with Crippen LogP contribution in [-0.2, 0) is 97.2 Å². The summed E-state index contributed by atoms with van der Waals surface area (Å²) < 4.78 is 79.8. The van der Waals surface area contributed by atoms with Crippen LogP contribution in [0.2, 0.25) is 0 Å². The van der Waals surface area contributed by atoms with Crippen LogP contribution in [0, 0.1) is 51.9 Å². The number of ketones is 3. The second-order valence-electron chi connectivity index (χ2n) is 31.4. The molecule has 4 heterocycles. The maximum Gasteiger partial charge on any atom is 0.410 e. The highest BCUT2D eigenvalue weighted by Gasteiger charge is 2.53. The van der Waals surface area contributed by atoms with Crippen molar-refractivity contribution in [3.8, 4) is 40.9 Å². The summed E-state index contributed by atoms with van der Waals surface area (Å²) in [6.07, 6.45) is -14.4. The number of likely N-dealkylation sites (N-methyl/N-ethyl adjacent to an activating group) is 1. The normalized spacial score (nSPS) is 28.0. The summed E-state index contributed by atoms with van der Waals surface area (Å²) in [4.78, 5) is 146. The van der Waals surface area contributed by atoms with Gasteiger partial charge in [-0.05, 0) is 138 Å². The number of urea groups is 1. The number of thioether (sulfide) groups is 1. The van der Waals surface area contributed by atoms with E-state index >= 15 is 0 Å². The highest BCUT2D eigenvalue weighted by Crippen LogP contribution is 2.50. The number of unbranched alkanes of at least 4 members (excludes halogenated alkanes) is 1. The number of nitrogens with zero attached hydrogens (tertiary/aromatic N) is 1. The molecule has 4 fully saturated rings. The topological polar surface area (TPSA) is 522 Å². The number of esters is 1. The van der Waals surface area contributed by atoms with E-state index in [4.69, 9.17) is 87.5 Å². The second kappa shape index (κ2) is 52.5. The zero-order chi connectivity index (χ0) is 94.4. The highest BCUT2D eigenvalue weighted by molar-refractivity contribution is 14.1. The Bertz CT molecular complexity index is 4390. The second-order valence-corrected chi connectivity index (χ2v) is 36.4. The average Bonchev–Trinajstić information content (AvgIpc) is 0.763. The maximum atomic E-state index is 14.7. The van der Waals surface area contributed by atoms with E-state index < -0.39 is 193 Å². The van der Waals surface area contributed by atoms with Crippen molar-refractivity contribution in [2.75, 3.05) is 78.6 Å². The van der Waals surface area contributed by atoms with Crippen molar-refractivity contribution < 1.29 is 145 Å². The number of allylic oxidation sites excluding steroid dienone is 2. The minimum Gasteiger partial charge on any atom is -0.492 e. The number of hydrogen-bond acceptors (Lipinski definition) is 35.